The van der Waals surface area contributed by atoms with Crippen molar-refractivity contribution < 1.29 is 4.74 Å². The molecular weight excluding hydrogens is 328 g/mol. The molecule has 0 unspecified atom stereocenters. The fraction of sp³-hybridized carbons (Fsp3) is 0.353. The molecule has 2 aromatic rings. The van der Waals surface area contributed by atoms with Crippen molar-refractivity contribution in [3.63, 3.8) is 0 Å². The third-order valence-electron chi connectivity index (χ3n) is 3.54. The summed E-state index contributed by atoms with van der Waals surface area (Å²) in [6.45, 7) is 1.50. The number of aromatic nitrogens is 1. The molecule has 0 radical (unpaired) electrons. The summed E-state index contributed by atoms with van der Waals surface area (Å²) in [6.07, 6.45) is 5.23. The van der Waals surface area contributed by atoms with E-state index in [1.807, 2.05) is 30.5 Å². The maximum absolute atomic E-state index is 6.00. The molecule has 1 aromatic carbocycles. The van der Waals surface area contributed by atoms with Crippen LogP contribution < -0.4 is 10.1 Å². The van der Waals surface area contributed by atoms with Gasteiger partial charge in [0.05, 0.1) is 11.1 Å². The first-order valence-electron chi connectivity index (χ1n) is 7.36. The molecule has 3 rings (SSSR count). The number of pyridine rings is 1. The SMILES string of the molecule is Brc1cccc(CNC2CC2)c1OCCc1ccccn1. The van der Waals surface area contributed by atoms with Crippen LogP contribution in [0, 0.1) is 0 Å². The Morgan fingerprint density at radius 1 is 1.19 bits per heavy atom. The zero-order valence-corrected chi connectivity index (χ0v) is 13.5. The molecule has 1 aliphatic rings. The predicted molar refractivity (Wildman–Crippen MR) is 87.4 cm³/mol. The summed E-state index contributed by atoms with van der Waals surface area (Å²) in [5.74, 6) is 0.946. The van der Waals surface area contributed by atoms with E-state index in [4.69, 9.17) is 4.74 Å². The summed E-state index contributed by atoms with van der Waals surface area (Å²) >= 11 is 3.59. The fourth-order valence-electron chi connectivity index (χ4n) is 2.20. The minimum absolute atomic E-state index is 0.635. The Kier molecular flexibility index (Phi) is 4.88. The molecule has 4 heteroatoms. The number of ether oxygens (including phenoxy) is 1. The maximum Gasteiger partial charge on any atom is 0.137 e. The van der Waals surface area contributed by atoms with E-state index in [1.165, 1.54) is 18.4 Å². The van der Waals surface area contributed by atoms with Crippen molar-refractivity contribution in [3.8, 4) is 5.75 Å². The molecule has 1 saturated carbocycles. The summed E-state index contributed by atoms with van der Waals surface area (Å²) in [5, 5.41) is 3.54. The lowest BCUT2D eigenvalue weighted by Crippen LogP contribution is -2.16. The van der Waals surface area contributed by atoms with Crippen LogP contribution in [0.1, 0.15) is 24.1 Å². The highest BCUT2D eigenvalue weighted by molar-refractivity contribution is 9.10. The third kappa shape index (κ3) is 4.29. The summed E-state index contributed by atoms with van der Waals surface area (Å²) in [5.41, 5.74) is 2.26. The van der Waals surface area contributed by atoms with Crippen molar-refractivity contribution in [3.05, 3.63) is 58.3 Å². The average Bonchev–Trinajstić information content (AvgIpc) is 3.33. The minimum Gasteiger partial charge on any atom is -0.492 e. The van der Waals surface area contributed by atoms with Crippen molar-refractivity contribution in [2.45, 2.75) is 31.8 Å². The highest BCUT2D eigenvalue weighted by Gasteiger charge is 2.21. The highest BCUT2D eigenvalue weighted by Crippen LogP contribution is 2.30. The van der Waals surface area contributed by atoms with E-state index in [1.54, 1.807) is 0 Å². The minimum atomic E-state index is 0.635. The Bertz CT molecular complexity index is 585. The van der Waals surface area contributed by atoms with E-state index in [9.17, 15) is 0 Å². The smallest absolute Gasteiger partial charge is 0.137 e. The molecule has 1 N–H and O–H groups in total. The number of hydrogen-bond acceptors (Lipinski definition) is 3. The molecule has 0 atom stereocenters. The Labute approximate surface area is 133 Å². The Hall–Kier alpha value is -1.39. The van der Waals surface area contributed by atoms with Gasteiger partial charge in [-0.05, 0) is 47.0 Å². The van der Waals surface area contributed by atoms with Gasteiger partial charge in [-0.15, -0.1) is 0 Å². The van der Waals surface area contributed by atoms with E-state index in [0.717, 1.165) is 28.9 Å². The van der Waals surface area contributed by atoms with Crippen LogP contribution in [0.2, 0.25) is 0 Å². The second kappa shape index (κ2) is 7.05. The van der Waals surface area contributed by atoms with Crippen molar-refractivity contribution in [2.75, 3.05) is 6.61 Å². The van der Waals surface area contributed by atoms with Gasteiger partial charge in [-0.3, -0.25) is 4.98 Å². The Morgan fingerprint density at radius 3 is 2.86 bits per heavy atom. The number of para-hydroxylation sites is 1. The number of nitrogens with one attached hydrogen (secondary N) is 1. The molecule has 0 aliphatic heterocycles. The van der Waals surface area contributed by atoms with Gasteiger partial charge in [-0.1, -0.05) is 18.2 Å². The van der Waals surface area contributed by atoms with Crippen molar-refractivity contribution >= 4 is 15.9 Å². The first-order valence-corrected chi connectivity index (χ1v) is 8.16. The molecule has 0 bridgehead atoms. The van der Waals surface area contributed by atoms with Crippen LogP contribution in [0.15, 0.2) is 47.1 Å². The van der Waals surface area contributed by atoms with Crippen LogP contribution in [0.3, 0.4) is 0 Å². The van der Waals surface area contributed by atoms with E-state index < -0.39 is 0 Å². The van der Waals surface area contributed by atoms with Crippen molar-refractivity contribution in [1.29, 1.82) is 0 Å². The highest BCUT2D eigenvalue weighted by atomic mass is 79.9. The molecule has 0 saturated heterocycles. The first-order chi connectivity index (χ1) is 10.3. The second-order valence-corrected chi connectivity index (χ2v) is 6.16. The molecule has 21 heavy (non-hydrogen) atoms. The first kappa shape index (κ1) is 14.5. The monoisotopic (exact) mass is 346 g/mol. The largest absolute Gasteiger partial charge is 0.492 e. The van der Waals surface area contributed by atoms with Gasteiger partial charge >= 0.3 is 0 Å². The standard InChI is InChI=1S/C17H19BrN2O/c18-16-6-3-4-13(12-20-15-7-8-15)17(16)21-11-9-14-5-1-2-10-19-14/h1-6,10,15,20H,7-9,11-12H2. The molecule has 1 aliphatic carbocycles. The van der Waals surface area contributed by atoms with Crippen LogP contribution in [-0.2, 0) is 13.0 Å². The van der Waals surface area contributed by atoms with Crippen LogP contribution in [0.4, 0.5) is 0 Å². The van der Waals surface area contributed by atoms with Gasteiger partial charge in [-0.25, -0.2) is 0 Å². The van der Waals surface area contributed by atoms with Gasteiger partial charge in [0.2, 0.25) is 0 Å². The molecule has 0 spiro atoms. The number of hydrogen-bond donors (Lipinski definition) is 1. The summed E-state index contributed by atoms with van der Waals surface area (Å²) in [6, 6.07) is 12.9. The Balaban J connectivity index is 1.60. The molecule has 1 fully saturated rings. The molecule has 3 nitrogen and oxygen atoms in total. The maximum atomic E-state index is 6.00. The molecule has 0 amide bonds. The van der Waals surface area contributed by atoms with Gasteiger partial charge in [0.1, 0.15) is 5.75 Å². The number of rotatable bonds is 7. The quantitative estimate of drug-likeness (QED) is 0.829. The lowest BCUT2D eigenvalue weighted by atomic mass is 10.2. The van der Waals surface area contributed by atoms with Gasteiger partial charge < -0.3 is 10.1 Å². The third-order valence-corrected chi connectivity index (χ3v) is 4.16. The molecule has 1 heterocycles. The summed E-state index contributed by atoms with van der Waals surface area (Å²) < 4.78 is 7.01. The zero-order chi connectivity index (χ0) is 14.5. The van der Waals surface area contributed by atoms with Gasteiger partial charge in [0, 0.05) is 36.5 Å². The van der Waals surface area contributed by atoms with Gasteiger partial charge in [-0.2, -0.15) is 0 Å². The van der Waals surface area contributed by atoms with Gasteiger partial charge in [0.25, 0.3) is 0 Å². The number of benzene rings is 1. The van der Waals surface area contributed by atoms with E-state index in [2.05, 4.69) is 38.4 Å². The molecular formula is C17H19BrN2O. The molecule has 1 aromatic heterocycles. The van der Waals surface area contributed by atoms with Crippen LogP contribution in [-0.4, -0.2) is 17.6 Å². The number of halogens is 1. The van der Waals surface area contributed by atoms with E-state index in [0.29, 0.717) is 12.6 Å². The topological polar surface area (TPSA) is 34.1 Å². The van der Waals surface area contributed by atoms with E-state index in [-0.39, 0.29) is 0 Å². The normalized spacial score (nSPS) is 14.1. The summed E-state index contributed by atoms with van der Waals surface area (Å²) in [4.78, 5) is 4.32. The van der Waals surface area contributed by atoms with E-state index >= 15 is 0 Å². The fourth-order valence-corrected chi connectivity index (χ4v) is 2.72. The number of nitrogens with zero attached hydrogens (tertiary/aromatic N) is 1. The van der Waals surface area contributed by atoms with Crippen molar-refractivity contribution in [2.24, 2.45) is 0 Å². The second-order valence-electron chi connectivity index (χ2n) is 5.30. The van der Waals surface area contributed by atoms with Gasteiger partial charge in [0.15, 0.2) is 0 Å². The van der Waals surface area contributed by atoms with Crippen LogP contribution in [0.25, 0.3) is 0 Å². The summed E-state index contributed by atoms with van der Waals surface area (Å²) in [7, 11) is 0. The predicted octanol–water partition coefficient (Wildman–Crippen LogP) is 3.72. The lowest BCUT2D eigenvalue weighted by Gasteiger charge is -2.13. The van der Waals surface area contributed by atoms with Crippen LogP contribution in [0.5, 0.6) is 5.75 Å². The van der Waals surface area contributed by atoms with Crippen LogP contribution >= 0.6 is 15.9 Å². The average molecular weight is 347 g/mol. The Morgan fingerprint density at radius 2 is 2.10 bits per heavy atom. The zero-order valence-electron chi connectivity index (χ0n) is 11.9. The lowest BCUT2D eigenvalue weighted by molar-refractivity contribution is 0.314. The molecule has 110 valence electrons. The van der Waals surface area contributed by atoms with Crippen molar-refractivity contribution in [1.82, 2.24) is 10.3 Å².